The van der Waals surface area contributed by atoms with Crippen molar-refractivity contribution in [1.82, 2.24) is 5.32 Å². The van der Waals surface area contributed by atoms with Crippen molar-refractivity contribution in [3.63, 3.8) is 0 Å². The fraction of sp³-hybridized carbons (Fsp3) is 0.950. The van der Waals surface area contributed by atoms with Crippen LogP contribution in [0, 0.1) is 0 Å². The highest BCUT2D eigenvalue weighted by Crippen LogP contribution is 2.13. The molecule has 1 N–H and O–H groups in total. The number of halogens is 4. The fourth-order valence-electron chi connectivity index (χ4n) is 3.28. The Labute approximate surface area is 164 Å². The van der Waals surface area contributed by atoms with Crippen LogP contribution in [0.4, 0.5) is 17.3 Å². The minimum atomic E-state index is -6.00. The lowest BCUT2D eigenvalue weighted by molar-refractivity contribution is 0.368. The third-order valence-electron chi connectivity index (χ3n) is 4.76. The van der Waals surface area contributed by atoms with Gasteiger partial charge in [-0.05, 0) is 6.42 Å². The normalized spacial score (nSPS) is 13.7. The molecule has 0 saturated heterocycles. The van der Waals surface area contributed by atoms with Gasteiger partial charge in [-0.2, -0.15) is 0 Å². The molecule has 162 valence electrons. The number of hydrogen-bond acceptors (Lipinski definition) is 2. The second kappa shape index (κ2) is 18.6. The molecule has 0 aromatic rings. The lowest BCUT2D eigenvalue weighted by Gasteiger charge is -2.04. The highest BCUT2D eigenvalue weighted by Gasteiger charge is 2.20. The highest BCUT2D eigenvalue weighted by molar-refractivity contribution is 6.50. The zero-order chi connectivity index (χ0) is 20.2. The summed E-state index contributed by atoms with van der Waals surface area (Å²) in [6.07, 6.45) is 22.8. The van der Waals surface area contributed by atoms with Gasteiger partial charge in [0.25, 0.3) is 0 Å². The van der Waals surface area contributed by atoms with Crippen LogP contribution in [0.5, 0.6) is 0 Å². The molecular weight excluding hydrogens is 355 g/mol. The molecule has 0 aliphatic carbocycles. The van der Waals surface area contributed by atoms with Crippen molar-refractivity contribution in [1.29, 1.82) is 0 Å². The maximum absolute atomic E-state index is 9.75. The minimum Gasteiger partial charge on any atom is -0.418 e. The third-order valence-corrected chi connectivity index (χ3v) is 4.76. The van der Waals surface area contributed by atoms with Gasteiger partial charge in [0.2, 0.25) is 0 Å². The maximum Gasteiger partial charge on any atom is 0.673 e. The zero-order valence-corrected chi connectivity index (χ0v) is 17.3. The summed E-state index contributed by atoms with van der Waals surface area (Å²) in [6.45, 7) is 4.35. The van der Waals surface area contributed by atoms with Crippen LogP contribution >= 0.6 is 0 Å². The van der Waals surface area contributed by atoms with Gasteiger partial charge in [-0.3, -0.25) is 4.99 Å². The van der Waals surface area contributed by atoms with E-state index in [-0.39, 0.29) is 0 Å². The maximum atomic E-state index is 9.75. The summed E-state index contributed by atoms with van der Waals surface area (Å²) in [5, 5.41) is 3.36. The lowest BCUT2D eigenvalue weighted by atomic mass is 10.0. The van der Waals surface area contributed by atoms with Crippen LogP contribution in [-0.2, 0) is 0 Å². The summed E-state index contributed by atoms with van der Waals surface area (Å²) in [5.74, 6) is 1.26. The first-order chi connectivity index (χ1) is 12.9. The molecule has 0 saturated carbocycles. The van der Waals surface area contributed by atoms with E-state index in [0.717, 1.165) is 13.1 Å². The molecule has 0 bridgehead atoms. The largest absolute Gasteiger partial charge is 0.673 e. The SMILES string of the molecule is CCCCCCCCCCCCCCCCCC1=NCCN1.F[B-](F)(F)F. The quantitative estimate of drug-likeness (QED) is 0.163. The lowest BCUT2D eigenvalue weighted by Crippen LogP contribution is -2.17. The van der Waals surface area contributed by atoms with E-state index in [4.69, 9.17) is 0 Å². The van der Waals surface area contributed by atoms with Crippen LogP contribution < -0.4 is 5.32 Å². The van der Waals surface area contributed by atoms with E-state index >= 15 is 0 Å². The van der Waals surface area contributed by atoms with Gasteiger partial charge in [0.1, 0.15) is 0 Å². The van der Waals surface area contributed by atoms with Gasteiger partial charge in [-0.1, -0.05) is 96.8 Å². The Kier molecular flexibility index (Phi) is 18.1. The summed E-state index contributed by atoms with van der Waals surface area (Å²) in [6, 6.07) is 0. The molecule has 0 unspecified atom stereocenters. The third kappa shape index (κ3) is 25.3. The van der Waals surface area contributed by atoms with Crippen LogP contribution in [0.25, 0.3) is 0 Å². The number of hydrogen-bond donors (Lipinski definition) is 1. The molecule has 0 atom stereocenters. The predicted molar refractivity (Wildman–Crippen MR) is 110 cm³/mol. The Morgan fingerprint density at radius 1 is 0.704 bits per heavy atom. The van der Waals surface area contributed by atoms with Crippen molar-refractivity contribution in [3.05, 3.63) is 0 Å². The highest BCUT2D eigenvalue weighted by atomic mass is 19.5. The summed E-state index contributed by atoms with van der Waals surface area (Å²) in [5.41, 5.74) is 0. The van der Waals surface area contributed by atoms with E-state index in [2.05, 4.69) is 17.2 Å². The van der Waals surface area contributed by atoms with Crippen LogP contribution in [0.15, 0.2) is 4.99 Å². The van der Waals surface area contributed by atoms with E-state index < -0.39 is 7.25 Å². The van der Waals surface area contributed by atoms with Gasteiger partial charge in [0, 0.05) is 13.0 Å². The zero-order valence-electron chi connectivity index (χ0n) is 17.3. The summed E-state index contributed by atoms with van der Waals surface area (Å²) in [7, 11) is -6.00. The number of unbranched alkanes of at least 4 members (excludes halogenated alkanes) is 14. The molecule has 7 heteroatoms. The van der Waals surface area contributed by atoms with E-state index in [1.807, 2.05) is 0 Å². The molecule has 0 fully saturated rings. The van der Waals surface area contributed by atoms with Crippen molar-refractivity contribution < 1.29 is 17.3 Å². The smallest absolute Gasteiger partial charge is 0.418 e. The van der Waals surface area contributed by atoms with Gasteiger partial charge >= 0.3 is 7.25 Å². The number of nitrogens with one attached hydrogen (secondary N) is 1. The Morgan fingerprint density at radius 3 is 1.41 bits per heavy atom. The summed E-state index contributed by atoms with van der Waals surface area (Å²) < 4.78 is 39.0. The first-order valence-electron chi connectivity index (χ1n) is 11.1. The molecule has 2 nitrogen and oxygen atoms in total. The van der Waals surface area contributed by atoms with E-state index in [1.54, 1.807) is 0 Å². The minimum absolute atomic E-state index is 0.994. The average Bonchev–Trinajstić information content (AvgIpc) is 3.10. The number of rotatable bonds is 16. The van der Waals surface area contributed by atoms with Crippen LogP contribution in [0.1, 0.15) is 110 Å². The van der Waals surface area contributed by atoms with Crippen molar-refractivity contribution in [3.8, 4) is 0 Å². The molecule has 0 spiro atoms. The van der Waals surface area contributed by atoms with Crippen molar-refractivity contribution >= 4 is 13.1 Å². The average molecular weight is 395 g/mol. The first-order valence-corrected chi connectivity index (χ1v) is 11.1. The second-order valence-corrected chi connectivity index (χ2v) is 7.45. The van der Waals surface area contributed by atoms with Crippen molar-refractivity contribution in [2.75, 3.05) is 13.1 Å². The molecule has 1 heterocycles. The molecule has 1 aliphatic heterocycles. The Bertz CT molecular complexity index is 343. The Morgan fingerprint density at radius 2 is 1.07 bits per heavy atom. The predicted octanol–water partition coefficient (Wildman–Crippen LogP) is 7.55. The Balaban J connectivity index is 0.00000119. The monoisotopic (exact) mass is 395 g/mol. The molecular formula is C20H40BF4N2-. The van der Waals surface area contributed by atoms with E-state index in [0.29, 0.717) is 0 Å². The fourth-order valence-corrected chi connectivity index (χ4v) is 3.28. The summed E-state index contributed by atoms with van der Waals surface area (Å²) >= 11 is 0. The van der Waals surface area contributed by atoms with Gasteiger partial charge in [0.05, 0.1) is 12.4 Å². The van der Waals surface area contributed by atoms with Crippen LogP contribution in [-0.4, -0.2) is 26.2 Å². The van der Waals surface area contributed by atoms with Crippen molar-refractivity contribution in [2.45, 2.75) is 110 Å². The van der Waals surface area contributed by atoms with Crippen LogP contribution in [0.3, 0.4) is 0 Å². The standard InChI is InChI=1S/C20H40N2.BF4/c1-2-3-4-5-6-7-8-9-10-11-12-13-14-15-16-17-20-21-18-19-22-20;2-1(3,4)5/h2-19H2,1H3,(H,21,22);/q;-1. The number of aliphatic imine (C=N–C) groups is 1. The first kappa shape index (κ1) is 26.3. The summed E-state index contributed by atoms with van der Waals surface area (Å²) in [4.78, 5) is 4.44. The molecule has 27 heavy (non-hydrogen) atoms. The number of amidine groups is 1. The molecule has 1 aliphatic rings. The Hall–Kier alpha value is -0.745. The van der Waals surface area contributed by atoms with Crippen LogP contribution in [0.2, 0.25) is 0 Å². The van der Waals surface area contributed by atoms with Crippen molar-refractivity contribution in [2.24, 2.45) is 4.99 Å². The molecule has 0 aromatic carbocycles. The van der Waals surface area contributed by atoms with Gasteiger partial charge in [-0.25, -0.2) is 0 Å². The molecule has 0 amide bonds. The molecule has 0 aromatic heterocycles. The molecule has 0 radical (unpaired) electrons. The van der Waals surface area contributed by atoms with E-state index in [1.165, 1.54) is 109 Å². The number of nitrogens with zero attached hydrogens (tertiary/aromatic N) is 1. The van der Waals surface area contributed by atoms with E-state index in [9.17, 15) is 17.3 Å². The second-order valence-electron chi connectivity index (χ2n) is 7.45. The van der Waals surface area contributed by atoms with Gasteiger partial charge in [0.15, 0.2) is 0 Å². The van der Waals surface area contributed by atoms with Gasteiger partial charge in [-0.15, -0.1) is 0 Å². The topological polar surface area (TPSA) is 24.4 Å². The van der Waals surface area contributed by atoms with Gasteiger partial charge < -0.3 is 22.6 Å². The molecule has 1 rings (SSSR count).